The predicted molar refractivity (Wildman–Crippen MR) is 130 cm³/mol. The molecule has 0 amide bonds. The number of pyridine rings is 1. The van der Waals surface area contributed by atoms with Gasteiger partial charge in [-0.1, -0.05) is 63.2 Å². The van der Waals surface area contributed by atoms with Crippen LogP contribution in [0, 0.1) is 12.3 Å². The molecule has 5 aromatic rings. The topological polar surface area (TPSA) is 22.1 Å². The molecule has 4 aromatic carbocycles. The van der Waals surface area contributed by atoms with E-state index in [-0.39, 0.29) is 5.41 Å². The van der Waals surface area contributed by atoms with Gasteiger partial charge in [0.15, 0.2) is 0 Å². The SMILES string of the molecule is Cc1c2c(cc3ccccc13)-c1nccc3c1c(cc1ccc(CC(C)(C)C)cc13)O2. The van der Waals surface area contributed by atoms with Gasteiger partial charge in [0, 0.05) is 17.3 Å². The smallest absolute Gasteiger partial charge is 0.140 e. The summed E-state index contributed by atoms with van der Waals surface area (Å²) < 4.78 is 6.57. The molecule has 6 rings (SSSR count). The Hall–Kier alpha value is -3.39. The summed E-state index contributed by atoms with van der Waals surface area (Å²) in [4.78, 5) is 4.84. The first-order chi connectivity index (χ1) is 14.9. The number of hydrogen-bond donors (Lipinski definition) is 0. The lowest BCUT2D eigenvalue weighted by atomic mass is 9.86. The van der Waals surface area contributed by atoms with Gasteiger partial charge in [0.05, 0.1) is 11.1 Å². The second-order valence-electron chi connectivity index (χ2n) is 9.95. The second kappa shape index (κ2) is 6.31. The van der Waals surface area contributed by atoms with Gasteiger partial charge in [-0.25, -0.2) is 0 Å². The van der Waals surface area contributed by atoms with Gasteiger partial charge in [-0.15, -0.1) is 0 Å². The molecule has 2 heterocycles. The third-order valence-corrected chi connectivity index (χ3v) is 6.34. The molecule has 0 saturated heterocycles. The van der Waals surface area contributed by atoms with Crippen molar-refractivity contribution in [2.45, 2.75) is 34.1 Å². The lowest BCUT2D eigenvalue weighted by Gasteiger charge is -2.24. The highest BCUT2D eigenvalue weighted by molar-refractivity contribution is 6.16. The van der Waals surface area contributed by atoms with E-state index in [2.05, 4.69) is 88.4 Å². The van der Waals surface area contributed by atoms with Crippen molar-refractivity contribution < 1.29 is 4.74 Å². The van der Waals surface area contributed by atoms with Crippen LogP contribution in [0.3, 0.4) is 0 Å². The van der Waals surface area contributed by atoms with Gasteiger partial charge in [-0.2, -0.15) is 0 Å². The molecule has 0 spiro atoms. The fourth-order valence-electron chi connectivity index (χ4n) is 5.05. The lowest BCUT2D eigenvalue weighted by Crippen LogP contribution is -2.09. The van der Waals surface area contributed by atoms with Crippen molar-refractivity contribution in [1.82, 2.24) is 4.98 Å². The van der Waals surface area contributed by atoms with E-state index in [1.54, 1.807) is 0 Å². The van der Waals surface area contributed by atoms with E-state index < -0.39 is 0 Å². The fraction of sp³-hybridized carbons (Fsp3) is 0.207. The number of fused-ring (bicyclic) bond motifs is 5. The number of aromatic nitrogens is 1. The van der Waals surface area contributed by atoms with E-state index in [9.17, 15) is 0 Å². The van der Waals surface area contributed by atoms with Gasteiger partial charge >= 0.3 is 0 Å². The summed E-state index contributed by atoms with van der Waals surface area (Å²) in [5.41, 5.74) is 4.89. The van der Waals surface area contributed by atoms with Crippen molar-refractivity contribution >= 4 is 32.3 Å². The van der Waals surface area contributed by atoms with Gasteiger partial charge in [0.2, 0.25) is 0 Å². The third kappa shape index (κ3) is 2.82. The molecular formula is C29H25NO. The van der Waals surface area contributed by atoms with Crippen LogP contribution in [0.15, 0.2) is 66.9 Å². The zero-order valence-corrected chi connectivity index (χ0v) is 18.4. The first-order valence-corrected chi connectivity index (χ1v) is 10.9. The van der Waals surface area contributed by atoms with Crippen LogP contribution in [0.25, 0.3) is 43.6 Å². The van der Waals surface area contributed by atoms with Crippen LogP contribution < -0.4 is 4.74 Å². The Morgan fingerprint density at radius 2 is 1.65 bits per heavy atom. The minimum Gasteiger partial charge on any atom is -0.456 e. The molecule has 2 nitrogen and oxygen atoms in total. The van der Waals surface area contributed by atoms with Crippen molar-refractivity contribution in [2.75, 3.05) is 0 Å². The number of aryl methyl sites for hydroxylation is 1. The number of ether oxygens (including phenoxy) is 1. The van der Waals surface area contributed by atoms with Crippen LogP contribution in [-0.2, 0) is 6.42 Å². The Morgan fingerprint density at radius 1 is 0.839 bits per heavy atom. The van der Waals surface area contributed by atoms with Crippen LogP contribution in [0.5, 0.6) is 11.5 Å². The maximum Gasteiger partial charge on any atom is 0.140 e. The van der Waals surface area contributed by atoms with Crippen molar-refractivity contribution in [3.05, 3.63) is 78.0 Å². The summed E-state index contributed by atoms with van der Waals surface area (Å²) in [6.07, 6.45) is 2.99. The summed E-state index contributed by atoms with van der Waals surface area (Å²) in [7, 11) is 0. The molecule has 1 aliphatic heterocycles. The predicted octanol–water partition coefficient (Wildman–Crippen LogP) is 8.21. The van der Waals surface area contributed by atoms with Gasteiger partial charge in [-0.3, -0.25) is 4.98 Å². The molecule has 0 saturated carbocycles. The van der Waals surface area contributed by atoms with Crippen LogP contribution in [-0.4, -0.2) is 4.98 Å². The van der Waals surface area contributed by atoms with Crippen molar-refractivity contribution in [2.24, 2.45) is 5.41 Å². The summed E-state index contributed by atoms with van der Waals surface area (Å²) in [6.45, 7) is 9.01. The first kappa shape index (κ1) is 18.4. The highest BCUT2D eigenvalue weighted by Gasteiger charge is 2.25. The molecule has 0 radical (unpaired) electrons. The maximum atomic E-state index is 6.57. The quantitative estimate of drug-likeness (QED) is 0.258. The van der Waals surface area contributed by atoms with E-state index in [0.29, 0.717) is 0 Å². The summed E-state index contributed by atoms with van der Waals surface area (Å²) >= 11 is 0. The largest absolute Gasteiger partial charge is 0.456 e. The van der Waals surface area contributed by atoms with Gasteiger partial charge < -0.3 is 4.74 Å². The highest BCUT2D eigenvalue weighted by atomic mass is 16.5. The van der Waals surface area contributed by atoms with Crippen LogP contribution >= 0.6 is 0 Å². The molecule has 1 aromatic heterocycles. The Labute approximate surface area is 182 Å². The van der Waals surface area contributed by atoms with E-state index in [4.69, 9.17) is 9.72 Å². The van der Waals surface area contributed by atoms with Gasteiger partial charge in [-0.05, 0) is 69.5 Å². The van der Waals surface area contributed by atoms with Crippen LogP contribution in [0.4, 0.5) is 0 Å². The van der Waals surface area contributed by atoms with Gasteiger partial charge in [0.25, 0.3) is 0 Å². The molecule has 152 valence electrons. The fourth-order valence-corrected chi connectivity index (χ4v) is 5.05. The molecule has 0 bridgehead atoms. The van der Waals surface area contributed by atoms with Crippen LogP contribution in [0.2, 0.25) is 0 Å². The molecule has 0 N–H and O–H groups in total. The molecule has 0 fully saturated rings. The second-order valence-corrected chi connectivity index (χ2v) is 9.95. The third-order valence-electron chi connectivity index (χ3n) is 6.34. The monoisotopic (exact) mass is 403 g/mol. The normalized spacial score (nSPS) is 12.9. The van der Waals surface area contributed by atoms with E-state index in [1.807, 2.05) is 6.20 Å². The summed E-state index contributed by atoms with van der Waals surface area (Å²) in [6, 6.07) is 21.9. The number of rotatable bonds is 1. The Kier molecular flexibility index (Phi) is 3.74. The Balaban J connectivity index is 1.67. The van der Waals surface area contributed by atoms with E-state index in [0.717, 1.165) is 40.1 Å². The minimum atomic E-state index is 0.252. The van der Waals surface area contributed by atoms with Crippen molar-refractivity contribution in [1.29, 1.82) is 0 Å². The average molecular weight is 404 g/mol. The lowest BCUT2D eigenvalue weighted by molar-refractivity contribution is 0.411. The first-order valence-electron chi connectivity index (χ1n) is 10.9. The van der Waals surface area contributed by atoms with Crippen molar-refractivity contribution in [3.8, 4) is 22.8 Å². The number of benzene rings is 4. The van der Waals surface area contributed by atoms with Crippen molar-refractivity contribution in [3.63, 3.8) is 0 Å². The van der Waals surface area contributed by atoms with E-state index in [1.165, 1.54) is 32.5 Å². The van der Waals surface area contributed by atoms with E-state index >= 15 is 0 Å². The molecule has 0 unspecified atom stereocenters. The Bertz CT molecular complexity index is 1520. The highest BCUT2D eigenvalue weighted by Crippen LogP contribution is 2.50. The summed E-state index contributed by atoms with van der Waals surface area (Å²) in [5, 5.41) is 7.25. The van der Waals surface area contributed by atoms with Gasteiger partial charge in [0.1, 0.15) is 11.5 Å². The molecule has 2 heteroatoms. The molecule has 31 heavy (non-hydrogen) atoms. The zero-order chi connectivity index (χ0) is 21.3. The zero-order valence-electron chi connectivity index (χ0n) is 18.4. The standard InChI is InChI=1S/C29H25NO/c1-17-21-8-6-5-7-19(21)14-24-27-26-22(11-12-30-27)23-13-18(16-29(2,3)4)9-10-20(23)15-25(26)31-28(17)24/h5-15H,16H2,1-4H3. The molecule has 1 aliphatic rings. The molecule has 0 atom stereocenters. The average Bonchev–Trinajstić information content (AvgIpc) is 2.74. The minimum absolute atomic E-state index is 0.252. The maximum absolute atomic E-state index is 6.57. The van der Waals surface area contributed by atoms with Crippen LogP contribution in [0.1, 0.15) is 31.9 Å². The number of hydrogen-bond acceptors (Lipinski definition) is 2. The summed E-state index contributed by atoms with van der Waals surface area (Å²) in [5.74, 6) is 1.83. The molecule has 0 aliphatic carbocycles. The number of nitrogens with zero attached hydrogens (tertiary/aromatic N) is 1. The molecular weight excluding hydrogens is 378 g/mol. The Morgan fingerprint density at radius 3 is 2.48 bits per heavy atom.